The van der Waals surface area contributed by atoms with E-state index in [4.69, 9.17) is 23.2 Å². The van der Waals surface area contributed by atoms with Gasteiger partial charge in [-0.05, 0) is 29.3 Å². The van der Waals surface area contributed by atoms with Gasteiger partial charge in [0.05, 0.1) is 4.92 Å². The fourth-order valence-electron chi connectivity index (χ4n) is 1.93. The SMILES string of the molecule is O=C(Cc1ccc(Cl)cc1)Cc1ccc(Cl)c([N+](=O)[O-])c1. The Balaban J connectivity index is 2.07. The number of nitrogens with zero attached hydrogens (tertiary/aromatic N) is 1. The van der Waals surface area contributed by atoms with E-state index in [1.807, 2.05) is 0 Å². The van der Waals surface area contributed by atoms with Gasteiger partial charge in [-0.15, -0.1) is 0 Å². The predicted molar refractivity (Wildman–Crippen MR) is 82.0 cm³/mol. The van der Waals surface area contributed by atoms with E-state index in [1.165, 1.54) is 12.1 Å². The van der Waals surface area contributed by atoms with E-state index in [-0.39, 0.29) is 29.3 Å². The minimum absolute atomic E-state index is 0.0334. The highest BCUT2D eigenvalue weighted by atomic mass is 35.5. The summed E-state index contributed by atoms with van der Waals surface area (Å²) in [7, 11) is 0. The molecule has 0 atom stereocenters. The van der Waals surface area contributed by atoms with Crippen LogP contribution in [0.5, 0.6) is 0 Å². The Kier molecular flexibility index (Phi) is 4.94. The molecular weight excluding hydrogens is 313 g/mol. The first-order valence-electron chi connectivity index (χ1n) is 6.14. The Hall–Kier alpha value is -1.91. The van der Waals surface area contributed by atoms with E-state index in [2.05, 4.69) is 0 Å². The van der Waals surface area contributed by atoms with Gasteiger partial charge in [-0.2, -0.15) is 0 Å². The molecule has 0 fully saturated rings. The Bertz CT molecular complexity index is 684. The number of ketones is 1. The van der Waals surface area contributed by atoms with Crippen molar-refractivity contribution in [2.75, 3.05) is 0 Å². The number of Topliss-reactive ketones (excluding diaryl/α,β-unsaturated/α-hetero) is 1. The molecule has 2 aromatic rings. The van der Waals surface area contributed by atoms with Gasteiger partial charge < -0.3 is 0 Å². The van der Waals surface area contributed by atoms with Crippen molar-refractivity contribution in [2.24, 2.45) is 0 Å². The summed E-state index contributed by atoms with van der Waals surface area (Å²) < 4.78 is 0. The average Bonchev–Trinajstić information content (AvgIpc) is 2.43. The van der Waals surface area contributed by atoms with Crippen molar-refractivity contribution in [1.82, 2.24) is 0 Å². The highest BCUT2D eigenvalue weighted by Gasteiger charge is 2.14. The first kappa shape index (κ1) is 15.5. The van der Waals surface area contributed by atoms with E-state index >= 15 is 0 Å². The molecule has 0 radical (unpaired) electrons. The molecule has 6 heteroatoms. The van der Waals surface area contributed by atoms with Gasteiger partial charge in [-0.25, -0.2) is 0 Å². The zero-order valence-electron chi connectivity index (χ0n) is 10.9. The van der Waals surface area contributed by atoms with Gasteiger partial charge in [0, 0.05) is 23.9 Å². The summed E-state index contributed by atoms with van der Waals surface area (Å²) in [5, 5.41) is 11.5. The summed E-state index contributed by atoms with van der Waals surface area (Å²) in [6, 6.07) is 11.4. The number of nitro groups is 1. The summed E-state index contributed by atoms with van der Waals surface area (Å²) in [6.45, 7) is 0. The van der Waals surface area contributed by atoms with E-state index in [0.717, 1.165) is 5.56 Å². The standard InChI is InChI=1S/C15H11Cl2NO3/c16-12-4-1-10(2-5-12)7-13(19)8-11-3-6-14(17)15(9-11)18(20)21/h1-6,9H,7-8H2. The van der Waals surface area contributed by atoms with Gasteiger partial charge in [0.2, 0.25) is 0 Å². The van der Waals surface area contributed by atoms with Crippen molar-refractivity contribution < 1.29 is 9.72 Å². The summed E-state index contributed by atoms with van der Waals surface area (Å²) in [4.78, 5) is 22.2. The molecule has 0 aliphatic carbocycles. The second-order valence-electron chi connectivity index (χ2n) is 4.56. The lowest BCUT2D eigenvalue weighted by atomic mass is 10.0. The molecule has 0 aliphatic heterocycles. The van der Waals surface area contributed by atoms with Crippen LogP contribution in [0.1, 0.15) is 11.1 Å². The second-order valence-corrected chi connectivity index (χ2v) is 5.41. The zero-order valence-corrected chi connectivity index (χ0v) is 12.4. The highest BCUT2D eigenvalue weighted by Crippen LogP contribution is 2.25. The van der Waals surface area contributed by atoms with Crippen molar-refractivity contribution in [3.8, 4) is 0 Å². The van der Waals surface area contributed by atoms with Gasteiger partial charge in [-0.3, -0.25) is 14.9 Å². The number of nitro benzene ring substituents is 1. The van der Waals surface area contributed by atoms with Crippen LogP contribution in [0.3, 0.4) is 0 Å². The van der Waals surface area contributed by atoms with Gasteiger partial charge in [0.1, 0.15) is 10.8 Å². The Morgan fingerprint density at radius 3 is 2.19 bits per heavy atom. The number of carbonyl (C=O) groups is 1. The van der Waals surface area contributed by atoms with Crippen molar-refractivity contribution >= 4 is 34.7 Å². The van der Waals surface area contributed by atoms with Crippen LogP contribution in [0.4, 0.5) is 5.69 Å². The predicted octanol–water partition coefficient (Wildman–Crippen LogP) is 4.26. The van der Waals surface area contributed by atoms with Crippen LogP contribution < -0.4 is 0 Å². The monoisotopic (exact) mass is 323 g/mol. The van der Waals surface area contributed by atoms with Gasteiger partial charge >= 0.3 is 0 Å². The maximum absolute atomic E-state index is 12.0. The molecule has 0 spiro atoms. The van der Waals surface area contributed by atoms with Crippen molar-refractivity contribution in [2.45, 2.75) is 12.8 Å². The first-order valence-corrected chi connectivity index (χ1v) is 6.90. The third-order valence-electron chi connectivity index (χ3n) is 2.92. The number of benzene rings is 2. The Morgan fingerprint density at radius 2 is 1.57 bits per heavy atom. The van der Waals surface area contributed by atoms with Crippen molar-refractivity contribution in [3.63, 3.8) is 0 Å². The van der Waals surface area contributed by atoms with Crippen LogP contribution in [-0.4, -0.2) is 10.7 Å². The first-order chi connectivity index (χ1) is 9.95. The molecule has 0 N–H and O–H groups in total. The zero-order chi connectivity index (χ0) is 15.4. The molecule has 0 aliphatic rings. The molecule has 0 bridgehead atoms. The third kappa shape index (κ3) is 4.28. The molecule has 21 heavy (non-hydrogen) atoms. The fraction of sp³-hybridized carbons (Fsp3) is 0.133. The van der Waals surface area contributed by atoms with Gasteiger partial charge in [0.25, 0.3) is 5.69 Å². The van der Waals surface area contributed by atoms with Crippen LogP contribution in [0.15, 0.2) is 42.5 Å². The Morgan fingerprint density at radius 1 is 1.00 bits per heavy atom. The summed E-state index contributed by atoms with van der Waals surface area (Å²) in [5.74, 6) is -0.0334. The normalized spacial score (nSPS) is 10.4. The van der Waals surface area contributed by atoms with Gasteiger partial charge in [0.15, 0.2) is 0 Å². The van der Waals surface area contributed by atoms with E-state index in [0.29, 0.717) is 10.6 Å². The molecule has 0 unspecified atom stereocenters. The molecule has 0 aromatic heterocycles. The van der Waals surface area contributed by atoms with E-state index < -0.39 is 4.92 Å². The van der Waals surface area contributed by atoms with Crippen molar-refractivity contribution in [1.29, 1.82) is 0 Å². The molecule has 0 saturated carbocycles. The van der Waals surface area contributed by atoms with Crippen LogP contribution >= 0.6 is 23.2 Å². The molecule has 4 nitrogen and oxygen atoms in total. The van der Waals surface area contributed by atoms with Crippen molar-refractivity contribution in [3.05, 3.63) is 73.8 Å². The highest BCUT2D eigenvalue weighted by molar-refractivity contribution is 6.32. The number of hydrogen-bond acceptors (Lipinski definition) is 3. The molecule has 0 heterocycles. The Labute approximate surface area is 131 Å². The smallest absolute Gasteiger partial charge is 0.288 e. The number of rotatable bonds is 5. The molecule has 0 saturated heterocycles. The lowest BCUT2D eigenvalue weighted by molar-refractivity contribution is -0.384. The minimum Gasteiger partial charge on any atom is -0.299 e. The maximum atomic E-state index is 12.0. The quantitative estimate of drug-likeness (QED) is 0.610. The third-order valence-corrected chi connectivity index (χ3v) is 3.49. The van der Waals surface area contributed by atoms with Crippen LogP contribution in [-0.2, 0) is 17.6 Å². The van der Waals surface area contributed by atoms with E-state index in [1.54, 1.807) is 30.3 Å². The van der Waals surface area contributed by atoms with Crippen LogP contribution in [0.25, 0.3) is 0 Å². The number of halogens is 2. The maximum Gasteiger partial charge on any atom is 0.288 e. The molecule has 2 aromatic carbocycles. The van der Waals surface area contributed by atoms with Crippen LogP contribution in [0, 0.1) is 10.1 Å². The number of hydrogen-bond donors (Lipinski definition) is 0. The summed E-state index contributed by atoms with van der Waals surface area (Å²) >= 11 is 11.5. The number of carbonyl (C=O) groups excluding carboxylic acids is 1. The topological polar surface area (TPSA) is 60.2 Å². The molecule has 2 rings (SSSR count). The molecule has 108 valence electrons. The summed E-state index contributed by atoms with van der Waals surface area (Å²) in [5.41, 5.74) is 1.24. The minimum atomic E-state index is -0.560. The van der Waals surface area contributed by atoms with Gasteiger partial charge in [-0.1, -0.05) is 41.4 Å². The fourth-order valence-corrected chi connectivity index (χ4v) is 2.24. The molecular formula is C15H11Cl2NO3. The van der Waals surface area contributed by atoms with E-state index in [9.17, 15) is 14.9 Å². The van der Waals surface area contributed by atoms with Crippen LogP contribution in [0.2, 0.25) is 10.0 Å². The lowest BCUT2D eigenvalue weighted by Gasteiger charge is -2.03. The average molecular weight is 324 g/mol. The lowest BCUT2D eigenvalue weighted by Crippen LogP contribution is -2.06. The second kappa shape index (κ2) is 6.70. The summed E-state index contributed by atoms with van der Waals surface area (Å²) in [6.07, 6.45) is 0.383. The molecule has 0 amide bonds. The largest absolute Gasteiger partial charge is 0.299 e.